The van der Waals surface area contributed by atoms with Gasteiger partial charge < -0.3 is 14.9 Å². The second-order valence-electron chi connectivity index (χ2n) is 5.03. The second-order valence-corrected chi connectivity index (χ2v) is 5.44. The molecule has 1 N–H and O–H groups in total. The summed E-state index contributed by atoms with van der Waals surface area (Å²) < 4.78 is 0. The highest BCUT2D eigenvalue weighted by Crippen LogP contribution is 2.29. The van der Waals surface area contributed by atoms with E-state index in [4.69, 9.17) is 11.6 Å². The summed E-state index contributed by atoms with van der Waals surface area (Å²) >= 11 is 6.33. The minimum absolute atomic E-state index is 0.466. The summed E-state index contributed by atoms with van der Waals surface area (Å²) in [5.41, 5.74) is 1.95. The number of nitrogens with zero attached hydrogens (tertiary/aromatic N) is 2. The van der Waals surface area contributed by atoms with Gasteiger partial charge in [0.2, 0.25) is 0 Å². The Balaban J connectivity index is 2.17. The third kappa shape index (κ3) is 3.16. The molecule has 3 nitrogen and oxygen atoms in total. The number of halogens is 1. The molecule has 2 rings (SSSR count). The van der Waals surface area contributed by atoms with Crippen LogP contribution >= 0.6 is 11.6 Å². The van der Waals surface area contributed by atoms with E-state index < -0.39 is 6.10 Å². The number of anilines is 1. The van der Waals surface area contributed by atoms with Gasteiger partial charge in [0, 0.05) is 19.6 Å². The molecule has 0 unspecified atom stereocenters. The highest BCUT2D eigenvalue weighted by atomic mass is 35.5. The zero-order valence-corrected chi connectivity index (χ0v) is 11.8. The fraction of sp³-hybridized carbons (Fsp3) is 0.571. The molecule has 0 aromatic heterocycles. The lowest BCUT2D eigenvalue weighted by Gasteiger charge is -2.24. The van der Waals surface area contributed by atoms with Gasteiger partial charge in [-0.05, 0) is 44.6 Å². The van der Waals surface area contributed by atoms with Crippen LogP contribution in [0.4, 0.5) is 5.69 Å². The first-order chi connectivity index (χ1) is 8.58. The number of hydrogen-bond donors (Lipinski definition) is 1. The molecule has 1 saturated heterocycles. The van der Waals surface area contributed by atoms with E-state index in [1.807, 2.05) is 18.2 Å². The molecule has 1 atom stereocenters. The van der Waals surface area contributed by atoms with Gasteiger partial charge in [-0.2, -0.15) is 0 Å². The molecule has 0 bridgehead atoms. The quantitative estimate of drug-likeness (QED) is 0.893. The Morgan fingerprint density at radius 1 is 1.22 bits per heavy atom. The predicted molar refractivity (Wildman–Crippen MR) is 76.4 cm³/mol. The van der Waals surface area contributed by atoms with Crippen LogP contribution in [0.2, 0.25) is 5.02 Å². The molecule has 1 aromatic carbocycles. The van der Waals surface area contributed by atoms with E-state index in [0.717, 1.165) is 48.9 Å². The van der Waals surface area contributed by atoms with Crippen molar-refractivity contribution in [2.24, 2.45) is 0 Å². The zero-order valence-electron chi connectivity index (χ0n) is 11.1. The number of likely N-dealkylation sites (N-methyl/N-ethyl adjacent to an activating group) is 1. The number of benzene rings is 1. The molecule has 1 aliphatic heterocycles. The highest BCUT2D eigenvalue weighted by molar-refractivity contribution is 6.33. The summed E-state index contributed by atoms with van der Waals surface area (Å²) in [5, 5.41) is 10.3. The molecular formula is C14H21ClN2O. The van der Waals surface area contributed by atoms with Gasteiger partial charge in [0.25, 0.3) is 0 Å². The Labute approximate surface area is 114 Å². The molecule has 1 heterocycles. The third-order valence-corrected chi connectivity index (χ3v) is 3.82. The molecule has 0 amide bonds. The van der Waals surface area contributed by atoms with Gasteiger partial charge in [-0.25, -0.2) is 0 Å². The lowest BCUT2D eigenvalue weighted by Crippen LogP contribution is -2.28. The van der Waals surface area contributed by atoms with Crippen molar-refractivity contribution in [1.82, 2.24) is 4.90 Å². The average molecular weight is 269 g/mol. The van der Waals surface area contributed by atoms with E-state index in [9.17, 15) is 5.11 Å². The van der Waals surface area contributed by atoms with E-state index in [2.05, 4.69) is 16.8 Å². The van der Waals surface area contributed by atoms with Gasteiger partial charge in [0.05, 0.1) is 16.8 Å². The maximum absolute atomic E-state index is 9.55. The fourth-order valence-electron chi connectivity index (χ4n) is 2.33. The average Bonchev–Trinajstić information content (AvgIpc) is 2.54. The van der Waals surface area contributed by atoms with Crippen LogP contribution in [0.5, 0.6) is 0 Å². The Kier molecular flexibility index (Phi) is 4.49. The summed E-state index contributed by atoms with van der Waals surface area (Å²) in [4.78, 5) is 4.68. The molecule has 0 saturated carbocycles. The molecule has 1 fully saturated rings. The van der Waals surface area contributed by atoms with E-state index in [1.165, 1.54) is 0 Å². The maximum Gasteiger partial charge on any atom is 0.0762 e. The molecule has 4 heteroatoms. The second kappa shape index (κ2) is 5.91. The molecule has 0 aliphatic carbocycles. The Hall–Kier alpha value is -0.770. The number of rotatable bonds is 2. The number of aliphatic hydroxyl groups excluding tert-OH is 1. The van der Waals surface area contributed by atoms with Gasteiger partial charge in [0.1, 0.15) is 0 Å². The largest absolute Gasteiger partial charge is 0.389 e. The number of hydrogen-bond acceptors (Lipinski definition) is 3. The smallest absolute Gasteiger partial charge is 0.0762 e. The van der Waals surface area contributed by atoms with Crippen molar-refractivity contribution in [3.63, 3.8) is 0 Å². The lowest BCUT2D eigenvalue weighted by atomic mass is 10.1. The summed E-state index contributed by atoms with van der Waals surface area (Å²) in [5.74, 6) is 0. The summed E-state index contributed by atoms with van der Waals surface area (Å²) in [6, 6.07) is 5.85. The lowest BCUT2D eigenvalue weighted by molar-refractivity contribution is 0.199. The van der Waals surface area contributed by atoms with Crippen LogP contribution in [-0.2, 0) is 0 Å². The monoisotopic (exact) mass is 268 g/mol. The van der Waals surface area contributed by atoms with E-state index in [-0.39, 0.29) is 0 Å². The van der Waals surface area contributed by atoms with Crippen molar-refractivity contribution in [2.45, 2.75) is 19.4 Å². The van der Waals surface area contributed by atoms with Gasteiger partial charge >= 0.3 is 0 Å². The van der Waals surface area contributed by atoms with Crippen molar-refractivity contribution in [3.8, 4) is 0 Å². The number of aliphatic hydroxyl groups is 1. The summed E-state index contributed by atoms with van der Waals surface area (Å²) in [6.45, 7) is 6.00. The molecular weight excluding hydrogens is 248 g/mol. The minimum Gasteiger partial charge on any atom is -0.389 e. The minimum atomic E-state index is -0.466. The van der Waals surface area contributed by atoms with Crippen LogP contribution < -0.4 is 4.90 Å². The molecule has 0 radical (unpaired) electrons. The van der Waals surface area contributed by atoms with Crippen LogP contribution in [0.25, 0.3) is 0 Å². The Morgan fingerprint density at radius 2 is 2.00 bits per heavy atom. The first kappa shape index (κ1) is 13.7. The van der Waals surface area contributed by atoms with Crippen LogP contribution in [-0.4, -0.2) is 43.2 Å². The zero-order chi connectivity index (χ0) is 13.1. The first-order valence-electron chi connectivity index (χ1n) is 6.49. The fourth-order valence-corrected chi connectivity index (χ4v) is 2.64. The molecule has 1 aromatic rings. The van der Waals surface area contributed by atoms with Gasteiger partial charge in [-0.15, -0.1) is 0 Å². The van der Waals surface area contributed by atoms with Gasteiger partial charge in [0.15, 0.2) is 0 Å². The topological polar surface area (TPSA) is 26.7 Å². The van der Waals surface area contributed by atoms with Gasteiger partial charge in [-0.1, -0.05) is 17.7 Å². The molecule has 0 spiro atoms. The van der Waals surface area contributed by atoms with Crippen molar-refractivity contribution in [1.29, 1.82) is 0 Å². The van der Waals surface area contributed by atoms with Crippen molar-refractivity contribution in [2.75, 3.05) is 38.1 Å². The summed E-state index contributed by atoms with van der Waals surface area (Å²) in [7, 11) is 2.15. The first-order valence-corrected chi connectivity index (χ1v) is 6.86. The van der Waals surface area contributed by atoms with Gasteiger partial charge in [-0.3, -0.25) is 0 Å². The maximum atomic E-state index is 9.55. The third-order valence-electron chi connectivity index (χ3n) is 3.51. The van der Waals surface area contributed by atoms with Crippen LogP contribution in [0.15, 0.2) is 18.2 Å². The van der Waals surface area contributed by atoms with Crippen LogP contribution in [0, 0.1) is 0 Å². The standard InChI is InChI=1S/C14H21ClN2O/c1-11(18)12-4-5-14(13(15)10-12)17-7-3-6-16(2)8-9-17/h4-5,10-11,18H,3,6-9H2,1-2H3/t11-/m0/s1. The van der Waals surface area contributed by atoms with Crippen molar-refractivity contribution >= 4 is 17.3 Å². The van der Waals surface area contributed by atoms with Crippen molar-refractivity contribution < 1.29 is 5.11 Å². The molecule has 18 heavy (non-hydrogen) atoms. The van der Waals surface area contributed by atoms with Crippen molar-refractivity contribution in [3.05, 3.63) is 28.8 Å². The van der Waals surface area contributed by atoms with E-state index in [0.29, 0.717) is 0 Å². The van der Waals surface area contributed by atoms with Crippen LogP contribution in [0.1, 0.15) is 25.0 Å². The SMILES string of the molecule is C[C@H](O)c1ccc(N2CCCN(C)CC2)c(Cl)c1. The molecule has 1 aliphatic rings. The highest BCUT2D eigenvalue weighted by Gasteiger charge is 2.15. The molecule has 100 valence electrons. The van der Waals surface area contributed by atoms with E-state index in [1.54, 1.807) is 6.92 Å². The normalized spacial score (nSPS) is 19.7. The van der Waals surface area contributed by atoms with Crippen LogP contribution in [0.3, 0.4) is 0 Å². The Bertz CT molecular complexity index is 409. The summed E-state index contributed by atoms with van der Waals surface area (Å²) in [6.07, 6.45) is 0.692. The Morgan fingerprint density at radius 3 is 2.67 bits per heavy atom. The van der Waals surface area contributed by atoms with E-state index >= 15 is 0 Å². The predicted octanol–water partition coefficient (Wildman–Crippen LogP) is 2.54.